The number of ether oxygens (including phenoxy) is 1. The first-order valence-corrected chi connectivity index (χ1v) is 6.44. The van der Waals surface area contributed by atoms with Crippen molar-refractivity contribution < 1.29 is 13.9 Å². The smallest absolute Gasteiger partial charge is 0.341 e. The van der Waals surface area contributed by atoms with Gasteiger partial charge in [0.05, 0.1) is 11.3 Å². The quantitative estimate of drug-likeness (QED) is 0.693. The number of aromatic nitrogens is 1. The third kappa shape index (κ3) is 3.08. The number of esters is 1. The van der Waals surface area contributed by atoms with E-state index in [-0.39, 0.29) is 12.2 Å². The molecule has 0 unspecified atom stereocenters. The second kappa shape index (κ2) is 5.36. The third-order valence-corrected chi connectivity index (χ3v) is 3.66. The summed E-state index contributed by atoms with van der Waals surface area (Å²) in [5.74, 6) is -1.39. The summed E-state index contributed by atoms with van der Waals surface area (Å²) < 4.78 is 18.5. The Morgan fingerprint density at radius 2 is 2.21 bits per heavy atom. The van der Waals surface area contributed by atoms with Crippen LogP contribution in [0.4, 0.5) is 10.1 Å². The number of halogens is 1. The molecule has 0 saturated carbocycles. The number of nitrogen functional groups attached to an aromatic ring is 1. The van der Waals surface area contributed by atoms with Gasteiger partial charge in [-0.1, -0.05) is 0 Å². The highest BCUT2D eigenvalue weighted by atomic mass is 32.1. The Labute approximate surface area is 114 Å². The number of nitrogens with zero attached hydrogens (tertiary/aromatic N) is 1. The molecule has 1 heterocycles. The summed E-state index contributed by atoms with van der Waals surface area (Å²) in [7, 11) is 0. The average Bonchev–Trinajstić information content (AvgIpc) is 2.69. The second-order valence-electron chi connectivity index (χ2n) is 4.06. The zero-order valence-corrected chi connectivity index (χ0v) is 11.4. The summed E-state index contributed by atoms with van der Waals surface area (Å²) in [6.07, 6.45) is 0. The summed E-state index contributed by atoms with van der Waals surface area (Å²) in [6.45, 7) is 3.86. The molecule has 19 heavy (non-hydrogen) atoms. The maximum absolute atomic E-state index is 13.4. The number of carbonyl (C=O) groups is 1. The molecule has 2 N–H and O–H groups in total. The van der Waals surface area contributed by atoms with Gasteiger partial charge in [0, 0.05) is 10.6 Å². The summed E-state index contributed by atoms with van der Waals surface area (Å²) in [6, 6.07) is 3.79. The minimum Gasteiger partial charge on any atom is -0.455 e. The molecule has 1 aromatic carbocycles. The van der Waals surface area contributed by atoms with E-state index in [1.807, 2.05) is 13.8 Å². The number of anilines is 1. The molecular formula is C13H13FN2O2S. The van der Waals surface area contributed by atoms with Gasteiger partial charge < -0.3 is 10.5 Å². The van der Waals surface area contributed by atoms with E-state index in [0.29, 0.717) is 10.7 Å². The predicted octanol–water partition coefficient (Wildman–Crippen LogP) is 2.84. The largest absolute Gasteiger partial charge is 0.455 e. The molecule has 6 heteroatoms. The first-order chi connectivity index (χ1) is 8.97. The van der Waals surface area contributed by atoms with Crippen molar-refractivity contribution in [2.24, 2.45) is 0 Å². The van der Waals surface area contributed by atoms with Gasteiger partial charge >= 0.3 is 5.97 Å². The third-order valence-electron chi connectivity index (χ3n) is 2.61. The maximum atomic E-state index is 13.4. The van der Waals surface area contributed by atoms with Gasteiger partial charge in [0.2, 0.25) is 0 Å². The van der Waals surface area contributed by atoms with Gasteiger partial charge in [-0.15, -0.1) is 11.3 Å². The topological polar surface area (TPSA) is 65.2 Å². The molecule has 0 saturated heterocycles. The predicted molar refractivity (Wildman–Crippen MR) is 71.5 cm³/mol. The Balaban J connectivity index is 2.07. The Morgan fingerprint density at radius 3 is 2.84 bits per heavy atom. The molecule has 0 aliphatic carbocycles. The molecule has 0 aliphatic rings. The van der Waals surface area contributed by atoms with Crippen LogP contribution in [0.25, 0.3) is 0 Å². The van der Waals surface area contributed by atoms with Crippen molar-refractivity contribution in [3.63, 3.8) is 0 Å². The minimum atomic E-state index is -0.740. The van der Waals surface area contributed by atoms with Crippen LogP contribution in [0.2, 0.25) is 0 Å². The number of aryl methyl sites for hydroxylation is 2. The molecule has 2 aromatic rings. The fraction of sp³-hybridized carbons (Fsp3) is 0.231. The zero-order valence-electron chi connectivity index (χ0n) is 10.6. The van der Waals surface area contributed by atoms with Crippen molar-refractivity contribution in [1.82, 2.24) is 4.98 Å². The molecule has 0 spiro atoms. The van der Waals surface area contributed by atoms with Gasteiger partial charge in [0.1, 0.15) is 17.4 Å². The standard InChI is InChI=1S/C13H13FN2O2S/c1-7-8(2)19-12(16-7)6-18-13(17)10-5-9(15)3-4-11(10)14/h3-5H,6,15H2,1-2H3. The fourth-order valence-corrected chi connectivity index (χ4v) is 2.35. The molecular weight excluding hydrogens is 267 g/mol. The molecule has 0 bridgehead atoms. The summed E-state index contributed by atoms with van der Waals surface area (Å²) in [5.41, 5.74) is 6.57. The number of rotatable bonds is 3. The summed E-state index contributed by atoms with van der Waals surface area (Å²) in [5, 5.41) is 0.688. The van der Waals surface area contributed by atoms with E-state index in [9.17, 15) is 9.18 Å². The summed E-state index contributed by atoms with van der Waals surface area (Å²) >= 11 is 1.45. The highest BCUT2D eigenvalue weighted by Gasteiger charge is 2.14. The van der Waals surface area contributed by atoms with E-state index in [1.54, 1.807) is 0 Å². The van der Waals surface area contributed by atoms with Crippen LogP contribution >= 0.6 is 11.3 Å². The number of hydrogen-bond acceptors (Lipinski definition) is 5. The van der Waals surface area contributed by atoms with Gasteiger partial charge in [-0.25, -0.2) is 14.2 Å². The lowest BCUT2D eigenvalue weighted by atomic mass is 10.2. The van der Waals surface area contributed by atoms with E-state index >= 15 is 0 Å². The molecule has 0 aliphatic heterocycles. The fourth-order valence-electron chi connectivity index (χ4n) is 1.51. The Kier molecular flexibility index (Phi) is 3.80. The van der Waals surface area contributed by atoms with Crippen molar-refractivity contribution >= 4 is 23.0 Å². The van der Waals surface area contributed by atoms with Crippen molar-refractivity contribution in [1.29, 1.82) is 0 Å². The Hall–Kier alpha value is -1.95. The van der Waals surface area contributed by atoms with E-state index in [0.717, 1.165) is 16.6 Å². The highest BCUT2D eigenvalue weighted by molar-refractivity contribution is 7.11. The molecule has 0 atom stereocenters. The van der Waals surface area contributed by atoms with Crippen LogP contribution < -0.4 is 5.73 Å². The lowest BCUT2D eigenvalue weighted by Crippen LogP contribution is -2.08. The van der Waals surface area contributed by atoms with Gasteiger partial charge in [-0.2, -0.15) is 0 Å². The van der Waals surface area contributed by atoms with Gasteiger partial charge in [-0.05, 0) is 32.0 Å². The monoisotopic (exact) mass is 280 g/mol. The van der Waals surface area contributed by atoms with E-state index in [4.69, 9.17) is 10.5 Å². The molecule has 2 rings (SSSR count). The average molecular weight is 280 g/mol. The van der Waals surface area contributed by atoms with Crippen molar-refractivity contribution in [2.45, 2.75) is 20.5 Å². The van der Waals surface area contributed by atoms with Crippen LogP contribution in [0.1, 0.15) is 25.9 Å². The summed E-state index contributed by atoms with van der Waals surface area (Å²) in [4.78, 5) is 17.1. The lowest BCUT2D eigenvalue weighted by Gasteiger charge is -2.04. The van der Waals surface area contributed by atoms with Crippen molar-refractivity contribution in [3.8, 4) is 0 Å². The van der Waals surface area contributed by atoms with Crippen LogP contribution in [0.15, 0.2) is 18.2 Å². The first-order valence-electron chi connectivity index (χ1n) is 5.62. The minimum absolute atomic E-state index is 0.0341. The first kappa shape index (κ1) is 13.5. The van der Waals surface area contributed by atoms with Crippen molar-refractivity contribution in [2.75, 3.05) is 5.73 Å². The number of thiazole rings is 1. The molecule has 0 amide bonds. The maximum Gasteiger partial charge on any atom is 0.341 e. The van der Waals surface area contributed by atoms with Crippen LogP contribution in [0.3, 0.4) is 0 Å². The number of benzene rings is 1. The van der Waals surface area contributed by atoms with E-state index < -0.39 is 11.8 Å². The van der Waals surface area contributed by atoms with Crippen LogP contribution in [0, 0.1) is 19.7 Å². The van der Waals surface area contributed by atoms with Crippen LogP contribution in [-0.2, 0) is 11.3 Å². The van der Waals surface area contributed by atoms with Crippen molar-refractivity contribution in [3.05, 3.63) is 45.2 Å². The molecule has 100 valence electrons. The van der Waals surface area contributed by atoms with Crippen LogP contribution in [-0.4, -0.2) is 11.0 Å². The highest BCUT2D eigenvalue weighted by Crippen LogP contribution is 2.18. The van der Waals surface area contributed by atoms with E-state index in [2.05, 4.69) is 4.98 Å². The second-order valence-corrected chi connectivity index (χ2v) is 5.35. The Morgan fingerprint density at radius 1 is 1.47 bits per heavy atom. The Bertz CT molecular complexity index is 606. The van der Waals surface area contributed by atoms with Gasteiger partial charge in [0.15, 0.2) is 0 Å². The van der Waals surface area contributed by atoms with E-state index in [1.165, 1.54) is 23.5 Å². The normalized spacial score (nSPS) is 10.5. The van der Waals surface area contributed by atoms with Gasteiger partial charge in [0.25, 0.3) is 0 Å². The number of carbonyl (C=O) groups excluding carboxylic acids is 1. The number of hydrogen-bond donors (Lipinski definition) is 1. The number of nitrogens with two attached hydrogens (primary N) is 1. The SMILES string of the molecule is Cc1nc(COC(=O)c2cc(N)ccc2F)sc1C. The molecule has 4 nitrogen and oxygen atoms in total. The van der Waals surface area contributed by atoms with Crippen LogP contribution in [0.5, 0.6) is 0 Å². The molecule has 0 fully saturated rings. The zero-order chi connectivity index (χ0) is 14.0. The van der Waals surface area contributed by atoms with Gasteiger partial charge in [-0.3, -0.25) is 0 Å². The molecule has 0 radical (unpaired) electrons. The lowest BCUT2D eigenvalue weighted by molar-refractivity contribution is 0.0467. The molecule has 1 aromatic heterocycles.